The van der Waals surface area contributed by atoms with Gasteiger partial charge in [-0.25, -0.2) is 4.79 Å². The number of halogens is 1. The summed E-state index contributed by atoms with van der Waals surface area (Å²) in [6.45, 7) is 5.03. The number of fused-ring (bicyclic) bond motifs is 4. The molecule has 1 unspecified atom stereocenters. The normalized spacial score (nSPS) is 21.1. The number of benzene rings is 2. The van der Waals surface area contributed by atoms with Gasteiger partial charge in [0.15, 0.2) is 11.3 Å². The van der Waals surface area contributed by atoms with Crippen LogP contribution in [0.2, 0.25) is 5.02 Å². The summed E-state index contributed by atoms with van der Waals surface area (Å²) in [7, 11) is 0. The minimum Gasteiger partial charge on any atom is -0.443 e. The lowest BCUT2D eigenvalue weighted by atomic mass is 9.86. The van der Waals surface area contributed by atoms with E-state index >= 15 is 0 Å². The summed E-state index contributed by atoms with van der Waals surface area (Å²) in [6, 6.07) is 11.0. The molecule has 3 aromatic rings. The van der Waals surface area contributed by atoms with E-state index in [4.69, 9.17) is 20.8 Å². The van der Waals surface area contributed by atoms with Gasteiger partial charge in [-0.2, -0.15) is 0 Å². The van der Waals surface area contributed by atoms with Crippen LogP contribution in [0.4, 0.5) is 0 Å². The Morgan fingerprint density at radius 1 is 1.18 bits per heavy atom. The first-order valence-electron chi connectivity index (χ1n) is 9.85. The van der Waals surface area contributed by atoms with Crippen LogP contribution in [-0.4, -0.2) is 6.73 Å². The highest BCUT2D eigenvalue weighted by atomic mass is 35.5. The molecule has 5 rings (SSSR count). The van der Waals surface area contributed by atoms with E-state index in [1.165, 1.54) is 22.4 Å². The standard InChI is InChI=1S/C23H22ClNO3/c1-13-14(2)23(26)28-21-17(13)10-19(24)22-18(21)11-25(12-27-22)20-9-5-7-15-6-3-4-8-16(15)20/h3-4,6,8,10,20H,5,7,9,11-12H2,1-2H3/p+1/t20-/m0/s1. The summed E-state index contributed by atoms with van der Waals surface area (Å²) in [5.74, 6) is 0.661. The summed E-state index contributed by atoms with van der Waals surface area (Å²) in [4.78, 5) is 13.7. The summed E-state index contributed by atoms with van der Waals surface area (Å²) in [6.07, 6.45) is 3.45. The Labute approximate surface area is 168 Å². The third kappa shape index (κ3) is 2.66. The zero-order valence-electron chi connectivity index (χ0n) is 16.1. The van der Waals surface area contributed by atoms with E-state index in [1.54, 1.807) is 6.92 Å². The second-order valence-electron chi connectivity index (χ2n) is 7.95. The number of hydrogen-bond donors (Lipinski definition) is 1. The smallest absolute Gasteiger partial charge is 0.339 e. The average Bonchev–Trinajstić information content (AvgIpc) is 2.72. The highest BCUT2D eigenvalue weighted by Gasteiger charge is 2.35. The molecule has 1 aromatic heterocycles. The number of hydrogen-bond acceptors (Lipinski definition) is 3. The molecule has 2 heterocycles. The van der Waals surface area contributed by atoms with Crippen LogP contribution < -0.4 is 15.3 Å². The van der Waals surface area contributed by atoms with E-state index in [-0.39, 0.29) is 5.63 Å². The lowest BCUT2D eigenvalue weighted by Gasteiger charge is -2.35. The second kappa shape index (κ2) is 6.64. The number of ether oxygens (including phenoxy) is 1. The SMILES string of the molecule is Cc1c(C)c2cc(Cl)c3c(c2oc1=O)C[NH+]([C@H]1CCCc2ccccc21)CO3. The summed E-state index contributed by atoms with van der Waals surface area (Å²) in [5.41, 5.74) is 5.64. The lowest BCUT2D eigenvalue weighted by molar-refractivity contribution is -0.963. The van der Waals surface area contributed by atoms with E-state index < -0.39 is 0 Å². The lowest BCUT2D eigenvalue weighted by Crippen LogP contribution is -3.12. The van der Waals surface area contributed by atoms with Crippen LogP contribution in [0.1, 0.15) is 46.7 Å². The number of aryl methyl sites for hydroxylation is 2. The highest BCUT2D eigenvalue weighted by Crippen LogP contribution is 2.38. The van der Waals surface area contributed by atoms with Crippen LogP contribution >= 0.6 is 11.6 Å². The fourth-order valence-electron chi connectivity index (χ4n) is 4.75. The number of rotatable bonds is 1. The summed E-state index contributed by atoms with van der Waals surface area (Å²) >= 11 is 6.55. The number of nitrogens with one attached hydrogen (secondary N) is 1. The maximum absolute atomic E-state index is 12.3. The van der Waals surface area contributed by atoms with Crippen LogP contribution in [0, 0.1) is 13.8 Å². The van der Waals surface area contributed by atoms with Crippen molar-refractivity contribution in [3.05, 3.63) is 73.6 Å². The minimum atomic E-state index is -0.287. The molecule has 0 fully saturated rings. The van der Waals surface area contributed by atoms with Gasteiger partial charge in [-0.1, -0.05) is 35.9 Å². The molecular weight excluding hydrogens is 374 g/mol. The largest absolute Gasteiger partial charge is 0.443 e. The Kier molecular flexibility index (Phi) is 4.22. The maximum atomic E-state index is 12.3. The van der Waals surface area contributed by atoms with Gasteiger partial charge < -0.3 is 9.15 Å². The molecule has 0 radical (unpaired) electrons. The van der Waals surface area contributed by atoms with Crippen LogP contribution in [0.15, 0.2) is 39.5 Å². The van der Waals surface area contributed by atoms with Crippen molar-refractivity contribution in [1.82, 2.24) is 0 Å². The Bertz CT molecular complexity index is 1150. The molecular formula is C23H23ClNO3+. The van der Waals surface area contributed by atoms with Gasteiger partial charge in [0, 0.05) is 22.9 Å². The van der Waals surface area contributed by atoms with E-state index in [0.29, 0.717) is 34.7 Å². The van der Waals surface area contributed by atoms with E-state index in [9.17, 15) is 4.79 Å². The van der Waals surface area contributed by atoms with Gasteiger partial charge in [0.05, 0.1) is 10.6 Å². The van der Waals surface area contributed by atoms with Gasteiger partial charge in [-0.15, -0.1) is 0 Å². The molecule has 0 saturated heterocycles. The zero-order chi connectivity index (χ0) is 19.4. The summed E-state index contributed by atoms with van der Waals surface area (Å²) < 4.78 is 11.8. The topological polar surface area (TPSA) is 43.9 Å². The van der Waals surface area contributed by atoms with Crippen molar-refractivity contribution in [3.8, 4) is 5.75 Å². The third-order valence-electron chi connectivity index (χ3n) is 6.42. The molecule has 144 valence electrons. The van der Waals surface area contributed by atoms with E-state index in [0.717, 1.165) is 35.9 Å². The molecule has 1 aliphatic heterocycles. The van der Waals surface area contributed by atoms with Crippen molar-refractivity contribution in [2.75, 3.05) is 6.73 Å². The van der Waals surface area contributed by atoms with Gasteiger partial charge >= 0.3 is 5.63 Å². The molecule has 5 heteroatoms. The van der Waals surface area contributed by atoms with Crippen molar-refractivity contribution >= 4 is 22.6 Å². The van der Waals surface area contributed by atoms with Crippen LogP contribution in [0.25, 0.3) is 11.0 Å². The second-order valence-corrected chi connectivity index (χ2v) is 8.36. The van der Waals surface area contributed by atoms with Crippen molar-refractivity contribution in [3.63, 3.8) is 0 Å². The van der Waals surface area contributed by atoms with Crippen molar-refractivity contribution in [1.29, 1.82) is 0 Å². The molecule has 1 aliphatic carbocycles. The maximum Gasteiger partial charge on any atom is 0.339 e. The van der Waals surface area contributed by atoms with Crippen molar-refractivity contribution in [2.24, 2.45) is 0 Å². The van der Waals surface area contributed by atoms with Gasteiger partial charge in [-0.05, 0) is 43.9 Å². The first-order valence-corrected chi connectivity index (χ1v) is 10.2. The molecule has 0 spiro atoms. The Balaban J connectivity index is 1.63. The Morgan fingerprint density at radius 2 is 2.00 bits per heavy atom. The fourth-order valence-corrected chi connectivity index (χ4v) is 5.03. The van der Waals surface area contributed by atoms with Gasteiger partial charge in [0.1, 0.15) is 12.6 Å². The first kappa shape index (κ1) is 17.8. The quantitative estimate of drug-likeness (QED) is 0.635. The van der Waals surface area contributed by atoms with Crippen molar-refractivity contribution < 1.29 is 14.1 Å². The Morgan fingerprint density at radius 3 is 2.86 bits per heavy atom. The number of quaternary nitrogens is 1. The minimum absolute atomic E-state index is 0.287. The third-order valence-corrected chi connectivity index (χ3v) is 6.70. The van der Waals surface area contributed by atoms with Gasteiger partial charge in [-0.3, -0.25) is 4.90 Å². The molecule has 2 aliphatic rings. The average molecular weight is 397 g/mol. The first-order chi connectivity index (χ1) is 13.5. The fraction of sp³-hybridized carbons (Fsp3) is 0.348. The van der Waals surface area contributed by atoms with E-state index in [1.807, 2.05) is 13.0 Å². The molecule has 0 saturated carbocycles. The van der Waals surface area contributed by atoms with E-state index in [2.05, 4.69) is 24.3 Å². The predicted octanol–water partition coefficient (Wildman–Crippen LogP) is 3.88. The molecule has 28 heavy (non-hydrogen) atoms. The molecule has 4 nitrogen and oxygen atoms in total. The summed E-state index contributed by atoms with van der Waals surface area (Å²) in [5, 5.41) is 1.48. The molecule has 2 atom stereocenters. The molecule has 0 amide bonds. The highest BCUT2D eigenvalue weighted by molar-refractivity contribution is 6.33. The zero-order valence-corrected chi connectivity index (χ0v) is 16.9. The predicted molar refractivity (Wildman–Crippen MR) is 109 cm³/mol. The molecule has 2 aromatic carbocycles. The molecule has 1 N–H and O–H groups in total. The molecule has 0 bridgehead atoms. The monoisotopic (exact) mass is 396 g/mol. The van der Waals surface area contributed by atoms with Gasteiger partial charge in [0.25, 0.3) is 0 Å². The van der Waals surface area contributed by atoms with Crippen molar-refractivity contribution in [2.45, 2.75) is 45.7 Å². The van der Waals surface area contributed by atoms with Crippen LogP contribution in [0.5, 0.6) is 5.75 Å². The van der Waals surface area contributed by atoms with Crippen LogP contribution in [-0.2, 0) is 13.0 Å². The van der Waals surface area contributed by atoms with Crippen LogP contribution in [0.3, 0.4) is 0 Å². The Hall–Kier alpha value is -2.30. The van der Waals surface area contributed by atoms with Gasteiger partial charge in [0.2, 0.25) is 6.73 Å².